The van der Waals surface area contributed by atoms with E-state index in [9.17, 15) is 0 Å². The summed E-state index contributed by atoms with van der Waals surface area (Å²) in [7, 11) is 0. The van der Waals surface area contributed by atoms with Crippen LogP contribution in [0.15, 0.2) is 36.4 Å². The lowest BCUT2D eigenvalue weighted by Gasteiger charge is -2.37. The number of benzene rings is 1. The van der Waals surface area contributed by atoms with E-state index in [1.807, 2.05) is 0 Å². The molecule has 2 aromatic rings. The van der Waals surface area contributed by atoms with Crippen LogP contribution in [-0.2, 0) is 0 Å². The number of para-hydroxylation sites is 1. The standard InChI is InChI=1S/C21H29N5/c1-17-7-6-10-26(16-17)20-15-18(2)22-21(23-20)25-13-11-24(12-14-25)19-8-4-3-5-9-19/h3-5,8-9,15,17H,6-7,10-14,16H2,1-2H3. The number of rotatable bonds is 3. The highest BCUT2D eigenvalue weighted by Gasteiger charge is 2.22. The van der Waals surface area contributed by atoms with Gasteiger partial charge in [-0.2, -0.15) is 4.98 Å². The number of hydrogen-bond donors (Lipinski definition) is 0. The Bertz CT molecular complexity index is 724. The largest absolute Gasteiger partial charge is 0.368 e. The molecule has 5 nitrogen and oxygen atoms in total. The van der Waals surface area contributed by atoms with Gasteiger partial charge in [0, 0.05) is 56.7 Å². The van der Waals surface area contributed by atoms with Gasteiger partial charge in [-0.1, -0.05) is 25.1 Å². The second-order valence-electron chi connectivity index (χ2n) is 7.67. The molecule has 0 amide bonds. The summed E-state index contributed by atoms with van der Waals surface area (Å²) in [6.45, 7) is 10.6. The number of nitrogens with zero attached hydrogens (tertiary/aromatic N) is 5. The van der Waals surface area contributed by atoms with E-state index in [1.165, 1.54) is 18.5 Å². The number of aryl methyl sites for hydroxylation is 1. The zero-order valence-corrected chi connectivity index (χ0v) is 15.9. The molecule has 1 aromatic carbocycles. The summed E-state index contributed by atoms with van der Waals surface area (Å²) in [5.41, 5.74) is 2.37. The minimum absolute atomic E-state index is 0.747. The molecule has 2 fully saturated rings. The quantitative estimate of drug-likeness (QED) is 0.847. The molecule has 26 heavy (non-hydrogen) atoms. The molecule has 2 saturated heterocycles. The summed E-state index contributed by atoms with van der Waals surface area (Å²) in [5.74, 6) is 2.74. The van der Waals surface area contributed by atoms with Crippen molar-refractivity contribution in [3.8, 4) is 0 Å². The molecule has 2 aliphatic rings. The molecule has 1 unspecified atom stereocenters. The molecule has 0 radical (unpaired) electrons. The van der Waals surface area contributed by atoms with Crippen LogP contribution in [0, 0.1) is 12.8 Å². The van der Waals surface area contributed by atoms with Crippen LogP contribution in [0.1, 0.15) is 25.5 Å². The van der Waals surface area contributed by atoms with Crippen molar-refractivity contribution >= 4 is 17.5 Å². The van der Waals surface area contributed by atoms with Crippen molar-refractivity contribution in [2.24, 2.45) is 5.92 Å². The van der Waals surface area contributed by atoms with Gasteiger partial charge in [-0.15, -0.1) is 0 Å². The number of piperazine rings is 1. The minimum atomic E-state index is 0.747. The molecule has 2 aliphatic heterocycles. The SMILES string of the molecule is Cc1cc(N2CCCC(C)C2)nc(N2CCN(c3ccccc3)CC2)n1. The van der Waals surface area contributed by atoms with Gasteiger partial charge in [0.15, 0.2) is 0 Å². The van der Waals surface area contributed by atoms with Crippen molar-refractivity contribution in [2.45, 2.75) is 26.7 Å². The second kappa shape index (κ2) is 7.52. The number of hydrogen-bond acceptors (Lipinski definition) is 5. The Morgan fingerprint density at radius 1 is 0.885 bits per heavy atom. The lowest BCUT2D eigenvalue weighted by molar-refractivity contribution is 0.444. The van der Waals surface area contributed by atoms with Crippen LogP contribution in [0.2, 0.25) is 0 Å². The van der Waals surface area contributed by atoms with Crippen LogP contribution in [0.3, 0.4) is 0 Å². The molecule has 4 rings (SSSR count). The van der Waals surface area contributed by atoms with Gasteiger partial charge in [0.1, 0.15) is 5.82 Å². The van der Waals surface area contributed by atoms with Crippen LogP contribution in [0.5, 0.6) is 0 Å². The van der Waals surface area contributed by atoms with Crippen molar-refractivity contribution in [3.63, 3.8) is 0 Å². The molecule has 3 heterocycles. The Kier molecular flexibility index (Phi) is 4.96. The summed E-state index contributed by atoms with van der Waals surface area (Å²) >= 11 is 0. The van der Waals surface area contributed by atoms with E-state index in [-0.39, 0.29) is 0 Å². The first kappa shape index (κ1) is 17.1. The fourth-order valence-electron chi connectivity index (χ4n) is 4.04. The van der Waals surface area contributed by atoms with Crippen molar-refractivity contribution in [3.05, 3.63) is 42.1 Å². The maximum atomic E-state index is 4.94. The van der Waals surface area contributed by atoms with E-state index in [2.05, 4.69) is 64.9 Å². The van der Waals surface area contributed by atoms with Crippen molar-refractivity contribution < 1.29 is 0 Å². The van der Waals surface area contributed by atoms with E-state index < -0.39 is 0 Å². The van der Waals surface area contributed by atoms with Gasteiger partial charge in [-0.3, -0.25) is 0 Å². The van der Waals surface area contributed by atoms with Crippen LogP contribution < -0.4 is 14.7 Å². The average molecular weight is 351 g/mol. The molecule has 0 saturated carbocycles. The highest BCUT2D eigenvalue weighted by atomic mass is 15.3. The summed E-state index contributed by atoms with van der Waals surface area (Å²) in [5, 5.41) is 0. The van der Waals surface area contributed by atoms with E-state index in [1.54, 1.807) is 0 Å². The van der Waals surface area contributed by atoms with Gasteiger partial charge >= 0.3 is 0 Å². The lowest BCUT2D eigenvalue weighted by atomic mass is 10.0. The molecular weight excluding hydrogens is 322 g/mol. The maximum Gasteiger partial charge on any atom is 0.227 e. The van der Waals surface area contributed by atoms with Gasteiger partial charge in [0.2, 0.25) is 5.95 Å². The highest BCUT2D eigenvalue weighted by molar-refractivity contribution is 5.50. The zero-order chi connectivity index (χ0) is 17.9. The van der Waals surface area contributed by atoms with E-state index in [4.69, 9.17) is 9.97 Å². The third kappa shape index (κ3) is 3.76. The number of aromatic nitrogens is 2. The normalized spacial score (nSPS) is 21.2. The molecule has 0 aliphatic carbocycles. The molecule has 1 aromatic heterocycles. The monoisotopic (exact) mass is 351 g/mol. The summed E-state index contributed by atoms with van der Waals surface area (Å²) < 4.78 is 0. The summed E-state index contributed by atoms with van der Waals surface area (Å²) in [6, 6.07) is 12.8. The number of piperidine rings is 1. The van der Waals surface area contributed by atoms with Gasteiger partial charge in [-0.05, 0) is 37.8 Å². The average Bonchev–Trinajstić information content (AvgIpc) is 2.68. The first-order chi connectivity index (χ1) is 12.7. The minimum Gasteiger partial charge on any atom is -0.368 e. The summed E-state index contributed by atoms with van der Waals surface area (Å²) in [6.07, 6.45) is 2.59. The van der Waals surface area contributed by atoms with E-state index in [0.717, 1.165) is 62.6 Å². The number of anilines is 3. The predicted octanol–water partition coefficient (Wildman–Crippen LogP) is 3.35. The fraction of sp³-hybridized carbons (Fsp3) is 0.524. The lowest BCUT2D eigenvalue weighted by Crippen LogP contribution is -2.47. The highest BCUT2D eigenvalue weighted by Crippen LogP contribution is 2.24. The van der Waals surface area contributed by atoms with Crippen molar-refractivity contribution in [1.29, 1.82) is 0 Å². The zero-order valence-electron chi connectivity index (χ0n) is 15.9. The van der Waals surface area contributed by atoms with Crippen LogP contribution in [0.25, 0.3) is 0 Å². The van der Waals surface area contributed by atoms with Gasteiger partial charge in [0.05, 0.1) is 0 Å². The van der Waals surface area contributed by atoms with Crippen LogP contribution >= 0.6 is 0 Å². The van der Waals surface area contributed by atoms with Crippen LogP contribution in [-0.4, -0.2) is 49.2 Å². The fourth-order valence-corrected chi connectivity index (χ4v) is 4.04. The Morgan fingerprint density at radius 2 is 1.62 bits per heavy atom. The van der Waals surface area contributed by atoms with Crippen molar-refractivity contribution in [2.75, 3.05) is 54.0 Å². The van der Waals surface area contributed by atoms with Crippen molar-refractivity contribution in [1.82, 2.24) is 9.97 Å². The molecule has 138 valence electrons. The molecule has 5 heteroatoms. The predicted molar refractivity (Wildman–Crippen MR) is 108 cm³/mol. The molecular formula is C21H29N5. The topological polar surface area (TPSA) is 35.5 Å². The summed E-state index contributed by atoms with van der Waals surface area (Å²) in [4.78, 5) is 16.9. The molecule has 0 spiro atoms. The van der Waals surface area contributed by atoms with E-state index >= 15 is 0 Å². The Balaban J connectivity index is 1.46. The van der Waals surface area contributed by atoms with E-state index in [0.29, 0.717) is 0 Å². The van der Waals surface area contributed by atoms with Gasteiger partial charge in [0.25, 0.3) is 0 Å². The maximum absolute atomic E-state index is 4.94. The molecule has 1 atom stereocenters. The molecule has 0 N–H and O–H groups in total. The van der Waals surface area contributed by atoms with Gasteiger partial charge < -0.3 is 14.7 Å². The first-order valence-corrected chi connectivity index (χ1v) is 9.84. The second-order valence-corrected chi connectivity index (χ2v) is 7.67. The smallest absolute Gasteiger partial charge is 0.227 e. The van der Waals surface area contributed by atoms with Crippen LogP contribution in [0.4, 0.5) is 17.5 Å². The molecule has 0 bridgehead atoms. The Labute approximate surface area is 156 Å². The first-order valence-electron chi connectivity index (χ1n) is 9.84. The Morgan fingerprint density at radius 3 is 2.35 bits per heavy atom. The third-order valence-electron chi connectivity index (χ3n) is 5.49. The van der Waals surface area contributed by atoms with Gasteiger partial charge in [-0.25, -0.2) is 4.98 Å². The third-order valence-corrected chi connectivity index (χ3v) is 5.49. The Hall–Kier alpha value is -2.30.